The van der Waals surface area contributed by atoms with Gasteiger partial charge in [-0.25, -0.2) is 0 Å². The van der Waals surface area contributed by atoms with Crippen LogP contribution in [0.3, 0.4) is 0 Å². The number of nitrogens with one attached hydrogen (secondary N) is 1. The minimum atomic E-state index is -1.04. The Hall–Kier alpha value is -1.14. The molecule has 0 radical (unpaired) electrons. The summed E-state index contributed by atoms with van der Waals surface area (Å²) < 4.78 is 5.21. The van der Waals surface area contributed by atoms with Crippen molar-refractivity contribution >= 4 is 11.9 Å². The molecule has 0 aliphatic carbocycles. The zero-order chi connectivity index (χ0) is 15.4. The van der Waals surface area contributed by atoms with Crippen LogP contribution in [-0.4, -0.2) is 42.8 Å². The number of carbonyl (C=O) groups excluding carboxylic acids is 1. The van der Waals surface area contributed by atoms with Gasteiger partial charge in [0.1, 0.15) is 5.41 Å². The second-order valence-corrected chi connectivity index (χ2v) is 6.56. The van der Waals surface area contributed by atoms with Crippen LogP contribution in [-0.2, 0) is 14.3 Å². The van der Waals surface area contributed by atoms with Crippen molar-refractivity contribution in [1.29, 1.82) is 0 Å². The highest BCUT2D eigenvalue weighted by molar-refractivity contribution is 5.80. The molecule has 1 heterocycles. The highest BCUT2D eigenvalue weighted by Gasteiger charge is 2.47. The molecular weight excluding hydrogens is 260 g/mol. The molecule has 0 aromatic rings. The van der Waals surface area contributed by atoms with Crippen molar-refractivity contribution in [3.63, 3.8) is 0 Å². The van der Waals surface area contributed by atoms with E-state index in [0.717, 1.165) is 12.8 Å². The number of carboxylic acid groups (broad SMARTS) is 1. The molecule has 1 fully saturated rings. The highest BCUT2D eigenvalue weighted by Crippen LogP contribution is 2.29. The third kappa shape index (κ3) is 4.18. The van der Waals surface area contributed by atoms with Gasteiger partial charge in [-0.3, -0.25) is 9.59 Å². The molecule has 4 N–H and O–H groups in total. The van der Waals surface area contributed by atoms with E-state index in [-0.39, 0.29) is 24.5 Å². The van der Waals surface area contributed by atoms with Crippen LogP contribution in [0.5, 0.6) is 0 Å². The van der Waals surface area contributed by atoms with Gasteiger partial charge in [0.05, 0.1) is 19.3 Å². The summed E-state index contributed by atoms with van der Waals surface area (Å²) in [5.74, 6) is -1.07. The van der Waals surface area contributed by atoms with Crippen molar-refractivity contribution in [3.05, 3.63) is 0 Å². The van der Waals surface area contributed by atoms with E-state index in [1.807, 2.05) is 0 Å². The number of nitrogens with two attached hydrogens (primary N) is 1. The van der Waals surface area contributed by atoms with Gasteiger partial charge in [0.2, 0.25) is 5.91 Å². The lowest BCUT2D eigenvalue weighted by molar-refractivity contribution is -0.149. The van der Waals surface area contributed by atoms with Crippen LogP contribution in [0, 0.1) is 10.8 Å². The minimum Gasteiger partial charge on any atom is -0.481 e. The molecule has 2 unspecified atom stereocenters. The summed E-state index contributed by atoms with van der Waals surface area (Å²) in [6.45, 7) is 6.74. The van der Waals surface area contributed by atoms with E-state index in [0.29, 0.717) is 13.0 Å². The van der Waals surface area contributed by atoms with Gasteiger partial charge in [-0.15, -0.1) is 0 Å². The molecule has 0 saturated carbocycles. The van der Waals surface area contributed by atoms with Crippen LogP contribution in [0.2, 0.25) is 0 Å². The van der Waals surface area contributed by atoms with E-state index in [1.54, 1.807) is 6.92 Å². The quantitative estimate of drug-likeness (QED) is 0.641. The second kappa shape index (κ2) is 6.54. The van der Waals surface area contributed by atoms with Crippen molar-refractivity contribution in [2.75, 3.05) is 19.8 Å². The van der Waals surface area contributed by atoms with Gasteiger partial charge < -0.3 is 20.9 Å². The number of amides is 1. The first-order chi connectivity index (χ1) is 9.21. The summed E-state index contributed by atoms with van der Waals surface area (Å²) >= 11 is 0. The first kappa shape index (κ1) is 16.9. The molecule has 6 nitrogen and oxygen atoms in total. The van der Waals surface area contributed by atoms with Gasteiger partial charge in [-0.05, 0) is 31.7 Å². The molecule has 1 rings (SSSR count). The number of ether oxygens (including phenoxy) is 1. The van der Waals surface area contributed by atoms with Crippen LogP contribution >= 0.6 is 0 Å². The van der Waals surface area contributed by atoms with Crippen LogP contribution in [0.15, 0.2) is 0 Å². The Labute approximate surface area is 120 Å². The van der Waals surface area contributed by atoms with E-state index in [9.17, 15) is 14.7 Å². The molecule has 1 saturated heterocycles. The van der Waals surface area contributed by atoms with E-state index in [2.05, 4.69) is 19.2 Å². The first-order valence-electron chi connectivity index (χ1n) is 7.02. The molecule has 1 amide bonds. The summed E-state index contributed by atoms with van der Waals surface area (Å²) in [6, 6.07) is -0.467. The topological polar surface area (TPSA) is 102 Å². The van der Waals surface area contributed by atoms with Crippen molar-refractivity contribution in [2.24, 2.45) is 16.6 Å². The summed E-state index contributed by atoms with van der Waals surface area (Å²) in [7, 11) is 0. The Bertz CT molecular complexity index is 370. The number of carbonyl (C=O) groups is 2. The normalized spacial score (nSPS) is 26.5. The summed E-state index contributed by atoms with van der Waals surface area (Å²) in [6.07, 6.45) is 1.96. The molecule has 6 heteroatoms. The fraction of sp³-hybridized carbons (Fsp3) is 0.857. The lowest BCUT2D eigenvalue weighted by Gasteiger charge is -2.27. The number of carboxylic acids is 1. The molecule has 0 aromatic heterocycles. The van der Waals surface area contributed by atoms with Crippen LogP contribution in [0.25, 0.3) is 0 Å². The average molecular weight is 286 g/mol. The summed E-state index contributed by atoms with van der Waals surface area (Å²) in [5.41, 5.74) is 4.52. The molecule has 0 aromatic carbocycles. The minimum absolute atomic E-state index is 0.0222. The Morgan fingerprint density at radius 3 is 2.65 bits per heavy atom. The lowest BCUT2D eigenvalue weighted by Crippen LogP contribution is -2.49. The van der Waals surface area contributed by atoms with E-state index in [4.69, 9.17) is 10.5 Å². The third-order valence-electron chi connectivity index (χ3n) is 4.13. The van der Waals surface area contributed by atoms with Crippen molar-refractivity contribution in [3.8, 4) is 0 Å². The average Bonchev–Trinajstić information content (AvgIpc) is 2.70. The number of aliphatic carboxylic acids is 1. The standard InChI is InChI=1S/C14H26N2O4/c1-13(2,6-7-15)5-4-11(17)16-10-8-20-9-14(10,3)12(18)19/h10H,4-9,15H2,1-3H3,(H,16,17)(H,18,19). The molecule has 2 atom stereocenters. The maximum absolute atomic E-state index is 12.0. The van der Waals surface area contributed by atoms with E-state index < -0.39 is 17.4 Å². The zero-order valence-electron chi connectivity index (χ0n) is 12.6. The maximum atomic E-state index is 12.0. The maximum Gasteiger partial charge on any atom is 0.313 e. The van der Waals surface area contributed by atoms with Crippen LogP contribution in [0.1, 0.15) is 40.0 Å². The second-order valence-electron chi connectivity index (χ2n) is 6.56. The van der Waals surface area contributed by atoms with Crippen molar-refractivity contribution < 1.29 is 19.4 Å². The van der Waals surface area contributed by atoms with Gasteiger partial charge >= 0.3 is 5.97 Å². The SMILES string of the molecule is CC(C)(CCN)CCC(=O)NC1COCC1(C)C(=O)O. The molecule has 20 heavy (non-hydrogen) atoms. The highest BCUT2D eigenvalue weighted by atomic mass is 16.5. The smallest absolute Gasteiger partial charge is 0.313 e. The summed E-state index contributed by atoms with van der Waals surface area (Å²) in [5, 5.41) is 12.0. The Morgan fingerprint density at radius 2 is 2.10 bits per heavy atom. The zero-order valence-corrected chi connectivity index (χ0v) is 12.6. The third-order valence-corrected chi connectivity index (χ3v) is 4.13. The monoisotopic (exact) mass is 286 g/mol. The van der Waals surface area contributed by atoms with Crippen LogP contribution < -0.4 is 11.1 Å². The summed E-state index contributed by atoms with van der Waals surface area (Å²) in [4.78, 5) is 23.2. The largest absolute Gasteiger partial charge is 0.481 e. The predicted molar refractivity (Wildman–Crippen MR) is 75.2 cm³/mol. The Kier molecular flexibility index (Phi) is 5.53. The molecule has 1 aliphatic rings. The lowest BCUT2D eigenvalue weighted by atomic mass is 9.83. The van der Waals surface area contributed by atoms with Crippen LogP contribution in [0.4, 0.5) is 0 Å². The fourth-order valence-corrected chi connectivity index (χ4v) is 2.32. The molecule has 0 bridgehead atoms. The molecule has 116 valence electrons. The molecular formula is C14H26N2O4. The first-order valence-corrected chi connectivity index (χ1v) is 7.02. The van der Waals surface area contributed by atoms with Gasteiger partial charge in [0, 0.05) is 6.42 Å². The number of rotatable bonds is 7. The molecule has 1 aliphatic heterocycles. The fourth-order valence-electron chi connectivity index (χ4n) is 2.32. The van der Waals surface area contributed by atoms with Gasteiger partial charge in [-0.1, -0.05) is 13.8 Å². The predicted octanol–water partition coefficient (Wildman–Crippen LogP) is 0.748. The number of hydrogen-bond donors (Lipinski definition) is 3. The van der Waals surface area contributed by atoms with Gasteiger partial charge in [0.15, 0.2) is 0 Å². The van der Waals surface area contributed by atoms with Gasteiger partial charge in [-0.2, -0.15) is 0 Å². The van der Waals surface area contributed by atoms with Crippen molar-refractivity contribution in [1.82, 2.24) is 5.32 Å². The molecule has 0 spiro atoms. The van der Waals surface area contributed by atoms with Gasteiger partial charge in [0.25, 0.3) is 0 Å². The van der Waals surface area contributed by atoms with E-state index >= 15 is 0 Å². The Morgan fingerprint density at radius 1 is 1.45 bits per heavy atom. The Balaban J connectivity index is 2.49. The number of hydrogen-bond acceptors (Lipinski definition) is 4. The van der Waals surface area contributed by atoms with E-state index in [1.165, 1.54) is 0 Å². The van der Waals surface area contributed by atoms with Crippen molar-refractivity contribution in [2.45, 2.75) is 46.1 Å².